The minimum atomic E-state index is -0.821. The average Bonchev–Trinajstić information content (AvgIpc) is 3.06. The van der Waals surface area contributed by atoms with Crippen molar-refractivity contribution in [1.29, 1.82) is 5.26 Å². The van der Waals surface area contributed by atoms with Crippen molar-refractivity contribution in [2.75, 3.05) is 19.0 Å². The summed E-state index contributed by atoms with van der Waals surface area (Å²) < 4.78 is 9.50. The largest absolute Gasteiger partial charge is 0.465 e. The molecule has 0 aliphatic carbocycles. The van der Waals surface area contributed by atoms with Crippen LogP contribution < -0.4 is 5.32 Å². The maximum atomic E-state index is 12.1. The Labute approximate surface area is 141 Å². The van der Waals surface area contributed by atoms with Crippen LogP contribution in [0, 0.1) is 11.3 Å². The van der Waals surface area contributed by atoms with Crippen molar-refractivity contribution in [1.82, 2.24) is 0 Å². The van der Waals surface area contributed by atoms with Gasteiger partial charge in [0.2, 0.25) is 0 Å². The first-order valence-corrected chi connectivity index (χ1v) is 7.56. The topological polar surface area (TPSA) is 105 Å². The van der Waals surface area contributed by atoms with Crippen molar-refractivity contribution in [2.24, 2.45) is 0 Å². The van der Waals surface area contributed by atoms with Crippen molar-refractivity contribution < 1.29 is 23.9 Å². The lowest BCUT2D eigenvalue weighted by Crippen LogP contribution is -2.22. The number of hydrogen-bond acceptors (Lipinski definition) is 7. The minimum absolute atomic E-state index is 0.00554. The first kappa shape index (κ1) is 17.2. The Morgan fingerprint density at radius 2 is 1.83 bits per heavy atom. The highest BCUT2D eigenvalue weighted by Crippen LogP contribution is 2.21. The Balaban J connectivity index is 2.00. The number of carbonyl (C=O) groups is 3. The summed E-state index contributed by atoms with van der Waals surface area (Å²) in [4.78, 5) is 35.5. The van der Waals surface area contributed by atoms with E-state index in [1.54, 1.807) is 23.6 Å². The predicted molar refractivity (Wildman–Crippen MR) is 85.7 cm³/mol. The van der Waals surface area contributed by atoms with Gasteiger partial charge in [0.15, 0.2) is 6.61 Å². The summed E-state index contributed by atoms with van der Waals surface area (Å²) in [6.07, 6.45) is 0. The fourth-order valence-electron chi connectivity index (χ4n) is 1.81. The number of hydrogen-bond donors (Lipinski definition) is 1. The van der Waals surface area contributed by atoms with Crippen LogP contribution in [0.1, 0.15) is 26.3 Å². The van der Waals surface area contributed by atoms with Crippen LogP contribution in [0.4, 0.5) is 5.00 Å². The first-order valence-electron chi connectivity index (χ1n) is 6.68. The number of ether oxygens (including phenoxy) is 2. The summed E-state index contributed by atoms with van der Waals surface area (Å²) in [5, 5.41) is 13.4. The van der Waals surface area contributed by atoms with Crippen LogP contribution in [0.15, 0.2) is 35.7 Å². The number of rotatable bonds is 5. The number of methoxy groups -OCH3 is 1. The van der Waals surface area contributed by atoms with E-state index in [2.05, 4.69) is 10.1 Å². The number of thiophene rings is 1. The van der Waals surface area contributed by atoms with Gasteiger partial charge in [-0.2, -0.15) is 5.26 Å². The third-order valence-electron chi connectivity index (χ3n) is 2.93. The van der Waals surface area contributed by atoms with Gasteiger partial charge in [0.05, 0.1) is 23.8 Å². The molecule has 1 aromatic heterocycles. The van der Waals surface area contributed by atoms with E-state index in [4.69, 9.17) is 10.00 Å². The van der Waals surface area contributed by atoms with E-state index in [0.717, 1.165) is 0 Å². The smallest absolute Gasteiger partial charge is 0.339 e. The third kappa shape index (κ3) is 3.97. The van der Waals surface area contributed by atoms with Gasteiger partial charge in [0.1, 0.15) is 11.1 Å². The van der Waals surface area contributed by atoms with Crippen LogP contribution in [-0.4, -0.2) is 31.6 Å². The zero-order chi connectivity index (χ0) is 17.5. The van der Waals surface area contributed by atoms with Crippen LogP contribution in [0.3, 0.4) is 0 Å². The van der Waals surface area contributed by atoms with Crippen LogP contribution in [0.5, 0.6) is 0 Å². The SMILES string of the molecule is COC(=O)c1ccccc1C(=O)OCC(=O)Nc1sccc1C#N. The molecule has 122 valence electrons. The summed E-state index contributed by atoms with van der Waals surface area (Å²) in [7, 11) is 1.20. The lowest BCUT2D eigenvalue weighted by atomic mass is 10.1. The molecule has 24 heavy (non-hydrogen) atoms. The molecule has 0 saturated heterocycles. The fourth-order valence-corrected chi connectivity index (χ4v) is 2.57. The molecule has 0 aliphatic rings. The number of anilines is 1. The number of benzene rings is 1. The van der Waals surface area contributed by atoms with Crippen LogP contribution in [-0.2, 0) is 14.3 Å². The van der Waals surface area contributed by atoms with Gasteiger partial charge in [-0.3, -0.25) is 4.79 Å². The molecular weight excluding hydrogens is 332 g/mol. The molecule has 0 radical (unpaired) electrons. The number of nitrogens with zero attached hydrogens (tertiary/aromatic N) is 1. The molecule has 0 fully saturated rings. The molecule has 1 amide bonds. The van der Waals surface area contributed by atoms with Crippen molar-refractivity contribution in [3.05, 3.63) is 52.4 Å². The van der Waals surface area contributed by atoms with E-state index in [-0.39, 0.29) is 11.1 Å². The molecule has 7 nitrogen and oxygen atoms in total. The van der Waals surface area contributed by atoms with Gasteiger partial charge in [-0.25, -0.2) is 9.59 Å². The molecule has 0 atom stereocenters. The summed E-state index contributed by atoms with van der Waals surface area (Å²) >= 11 is 1.19. The highest BCUT2D eigenvalue weighted by atomic mass is 32.1. The van der Waals surface area contributed by atoms with Gasteiger partial charge in [-0.15, -0.1) is 11.3 Å². The molecule has 0 bridgehead atoms. The van der Waals surface area contributed by atoms with Gasteiger partial charge < -0.3 is 14.8 Å². The summed E-state index contributed by atoms with van der Waals surface area (Å²) in [6, 6.07) is 9.47. The Morgan fingerprint density at radius 1 is 1.17 bits per heavy atom. The Morgan fingerprint density at radius 3 is 2.46 bits per heavy atom. The molecule has 0 spiro atoms. The molecular formula is C16H12N2O5S. The standard InChI is InChI=1S/C16H12N2O5S/c1-22-15(20)11-4-2-3-5-12(11)16(21)23-9-13(19)18-14-10(8-17)6-7-24-14/h2-7H,9H2,1H3,(H,18,19). The van der Waals surface area contributed by atoms with Gasteiger partial charge >= 0.3 is 11.9 Å². The molecule has 1 heterocycles. The molecule has 2 aromatic rings. The maximum absolute atomic E-state index is 12.1. The van der Waals surface area contributed by atoms with Crippen LogP contribution in [0.2, 0.25) is 0 Å². The summed E-state index contributed by atoms with van der Waals surface area (Å²) in [6.45, 7) is -0.545. The van der Waals surface area contributed by atoms with Crippen molar-refractivity contribution in [3.8, 4) is 6.07 Å². The number of nitriles is 1. The number of amides is 1. The Bertz CT molecular complexity index is 822. The fraction of sp³-hybridized carbons (Fsp3) is 0.125. The van der Waals surface area contributed by atoms with E-state index in [1.807, 2.05) is 6.07 Å². The Kier molecular flexibility index (Phi) is 5.65. The lowest BCUT2D eigenvalue weighted by Gasteiger charge is -2.08. The second kappa shape index (κ2) is 7.89. The first-order chi connectivity index (χ1) is 11.6. The van der Waals surface area contributed by atoms with E-state index in [9.17, 15) is 14.4 Å². The molecule has 8 heteroatoms. The van der Waals surface area contributed by atoms with E-state index < -0.39 is 24.5 Å². The maximum Gasteiger partial charge on any atom is 0.339 e. The molecule has 1 aromatic carbocycles. The van der Waals surface area contributed by atoms with Gasteiger partial charge in [-0.05, 0) is 23.6 Å². The van der Waals surface area contributed by atoms with E-state index >= 15 is 0 Å². The normalized spacial score (nSPS) is 9.67. The van der Waals surface area contributed by atoms with Gasteiger partial charge in [-0.1, -0.05) is 12.1 Å². The van der Waals surface area contributed by atoms with Crippen LogP contribution >= 0.6 is 11.3 Å². The monoisotopic (exact) mass is 344 g/mol. The molecule has 1 N–H and O–H groups in total. The number of esters is 2. The van der Waals surface area contributed by atoms with E-state index in [0.29, 0.717) is 10.6 Å². The third-order valence-corrected chi connectivity index (χ3v) is 3.76. The van der Waals surface area contributed by atoms with Crippen molar-refractivity contribution >= 4 is 34.2 Å². The molecule has 2 rings (SSSR count). The van der Waals surface area contributed by atoms with Crippen LogP contribution in [0.25, 0.3) is 0 Å². The number of nitrogens with one attached hydrogen (secondary N) is 1. The molecule has 0 saturated carbocycles. The second-order valence-electron chi connectivity index (χ2n) is 4.44. The van der Waals surface area contributed by atoms with Gasteiger partial charge in [0.25, 0.3) is 5.91 Å². The predicted octanol–water partition coefficient (Wildman–Crippen LogP) is 2.20. The Hall–Kier alpha value is -3.18. The van der Waals surface area contributed by atoms with Gasteiger partial charge in [0, 0.05) is 0 Å². The van der Waals surface area contributed by atoms with Crippen molar-refractivity contribution in [3.63, 3.8) is 0 Å². The second-order valence-corrected chi connectivity index (χ2v) is 5.35. The van der Waals surface area contributed by atoms with Crippen molar-refractivity contribution in [2.45, 2.75) is 0 Å². The average molecular weight is 344 g/mol. The molecule has 0 aliphatic heterocycles. The minimum Gasteiger partial charge on any atom is -0.465 e. The quantitative estimate of drug-likeness (QED) is 0.834. The molecule has 0 unspecified atom stereocenters. The lowest BCUT2D eigenvalue weighted by molar-refractivity contribution is -0.119. The highest BCUT2D eigenvalue weighted by Gasteiger charge is 2.19. The summed E-state index contributed by atoms with van der Waals surface area (Å²) in [5.41, 5.74) is 0.386. The zero-order valence-corrected chi connectivity index (χ0v) is 13.4. The zero-order valence-electron chi connectivity index (χ0n) is 12.6. The highest BCUT2D eigenvalue weighted by molar-refractivity contribution is 7.14. The number of carbonyl (C=O) groups excluding carboxylic acids is 3. The summed E-state index contributed by atoms with van der Waals surface area (Å²) in [5.74, 6) is -2.08. The van der Waals surface area contributed by atoms with E-state index in [1.165, 1.54) is 30.6 Å².